The zero-order valence-corrected chi connectivity index (χ0v) is 19.0. The summed E-state index contributed by atoms with van der Waals surface area (Å²) in [5.41, 5.74) is 3.24. The summed E-state index contributed by atoms with van der Waals surface area (Å²) in [6.45, 7) is 2.32. The third kappa shape index (κ3) is 6.01. The number of aliphatic carboxylic acids is 1. The number of alkyl halides is 3. The van der Waals surface area contributed by atoms with Gasteiger partial charge in [0.05, 0.1) is 23.4 Å². The normalized spacial score (nSPS) is 16.9. The number of rotatable bonds is 8. The fourth-order valence-electron chi connectivity index (χ4n) is 4.25. The van der Waals surface area contributed by atoms with Gasteiger partial charge in [-0.2, -0.15) is 13.2 Å². The Labute approximate surface area is 200 Å². The van der Waals surface area contributed by atoms with Gasteiger partial charge in [-0.1, -0.05) is 54.1 Å². The molecule has 8 heteroatoms. The van der Waals surface area contributed by atoms with E-state index in [0.29, 0.717) is 24.3 Å². The zero-order valence-electron chi connectivity index (χ0n) is 19.0. The van der Waals surface area contributed by atoms with E-state index in [1.165, 1.54) is 18.4 Å². The second-order valence-corrected chi connectivity index (χ2v) is 8.54. The standard InChI is InChI=1S/C27H24F3NO4/c1-17-13-22(9-10-23(17)24(15-26(32)33)25-11-12-35-31-25)34-16-18-3-2-4-20(14-18)19-5-7-21(8-6-19)27(28,29)30/h2-12,14,17,24H,13,15-16H2,1H3,(H,32,33)/t17?,24-/m0/s1. The second-order valence-electron chi connectivity index (χ2n) is 8.54. The van der Waals surface area contributed by atoms with Gasteiger partial charge in [-0.3, -0.25) is 4.79 Å². The number of aromatic nitrogens is 1. The number of nitrogens with zero attached hydrogens (tertiary/aromatic N) is 1. The van der Waals surface area contributed by atoms with Crippen LogP contribution in [-0.2, 0) is 22.3 Å². The molecule has 1 N–H and O–H groups in total. The fourth-order valence-corrected chi connectivity index (χ4v) is 4.25. The number of benzene rings is 2. The lowest BCUT2D eigenvalue weighted by Crippen LogP contribution is -2.17. The van der Waals surface area contributed by atoms with Gasteiger partial charge in [0.15, 0.2) is 0 Å². The first-order valence-electron chi connectivity index (χ1n) is 11.1. The molecule has 0 saturated carbocycles. The molecule has 3 aromatic rings. The van der Waals surface area contributed by atoms with Crippen molar-refractivity contribution in [2.75, 3.05) is 0 Å². The highest BCUT2D eigenvalue weighted by Gasteiger charge is 2.30. The summed E-state index contributed by atoms with van der Waals surface area (Å²) < 4.78 is 49.4. The summed E-state index contributed by atoms with van der Waals surface area (Å²) in [5.74, 6) is -0.463. The van der Waals surface area contributed by atoms with Crippen LogP contribution in [0.1, 0.15) is 42.5 Å². The summed E-state index contributed by atoms with van der Waals surface area (Å²) in [7, 11) is 0. The van der Waals surface area contributed by atoms with Crippen molar-refractivity contribution in [3.8, 4) is 11.1 Å². The van der Waals surface area contributed by atoms with Crippen molar-refractivity contribution in [1.82, 2.24) is 5.16 Å². The fraction of sp³-hybridized carbons (Fsp3) is 0.259. The molecule has 1 heterocycles. The molecule has 1 unspecified atom stereocenters. The molecule has 0 bridgehead atoms. The van der Waals surface area contributed by atoms with Crippen LogP contribution < -0.4 is 0 Å². The minimum absolute atomic E-state index is 0.0505. The summed E-state index contributed by atoms with van der Waals surface area (Å²) in [4.78, 5) is 11.4. The molecule has 4 rings (SSSR count). The highest BCUT2D eigenvalue weighted by Crippen LogP contribution is 2.38. The van der Waals surface area contributed by atoms with Gasteiger partial charge < -0.3 is 14.4 Å². The number of carbonyl (C=O) groups is 1. The van der Waals surface area contributed by atoms with E-state index < -0.39 is 17.7 Å². The summed E-state index contributed by atoms with van der Waals surface area (Å²) in [6.07, 6.45) is 1.34. The van der Waals surface area contributed by atoms with Crippen LogP contribution in [-0.4, -0.2) is 16.2 Å². The molecule has 35 heavy (non-hydrogen) atoms. The lowest BCUT2D eigenvalue weighted by Gasteiger charge is -2.26. The van der Waals surface area contributed by atoms with Crippen molar-refractivity contribution in [3.05, 3.63) is 101 Å². The molecule has 0 aliphatic heterocycles. The highest BCUT2D eigenvalue weighted by molar-refractivity contribution is 5.69. The number of ether oxygens (including phenoxy) is 1. The Morgan fingerprint density at radius 2 is 1.91 bits per heavy atom. The van der Waals surface area contributed by atoms with Crippen LogP contribution >= 0.6 is 0 Å². The van der Waals surface area contributed by atoms with E-state index in [1.54, 1.807) is 6.07 Å². The molecule has 0 fully saturated rings. The molecule has 0 saturated heterocycles. The second kappa shape index (κ2) is 10.2. The molecule has 1 aromatic heterocycles. The van der Waals surface area contributed by atoms with Gasteiger partial charge in [-0.25, -0.2) is 0 Å². The first-order valence-corrected chi connectivity index (χ1v) is 11.1. The predicted octanol–water partition coefficient (Wildman–Crippen LogP) is 6.99. The van der Waals surface area contributed by atoms with Crippen LogP contribution in [0.4, 0.5) is 13.2 Å². The van der Waals surface area contributed by atoms with E-state index in [9.17, 15) is 23.1 Å². The Morgan fingerprint density at radius 1 is 1.14 bits per heavy atom. The number of halogens is 3. The van der Waals surface area contributed by atoms with E-state index >= 15 is 0 Å². The average molecular weight is 483 g/mol. The van der Waals surface area contributed by atoms with Gasteiger partial charge >= 0.3 is 12.1 Å². The molecule has 5 nitrogen and oxygen atoms in total. The molecule has 0 spiro atoms. The number of allylic oxidation sites excluding steroid dienone is 4. The van der Waals surface area contributed by atoms with E-state index in [0.717, 1.165) is 34.6 Å². The Hall–Kier alpha value is -3.81. The van der Waals surface area contributed by atoms with E-state index in [1.807, 2.05) is 43.3 Å². The van der Waals surface area contributed by atoms with Crippen molar-refractivity contribution >= 4 is 5.97 Å². The predicted molar refractivity (Wildman–Crippen MR) is 123 cm³/mol. The lowest BCUT2D eigenvalue weighted by atomic mass is 9.80. The number of hydrogen-bond donors (Lipinski definition) is 1. The van der Waals surface area contributed by atoms with Gasteiger partial charge in [-0.15, -0.1) is 0 Å². The minimum Gasteiger partial charge on any atom is -0.493 e. The summed E-state index contributed by atoms with van der Waals surface area (Å²) in [6, 6.07) is 14.2. The molecular weight excluding hydrogens is 459 g/mol. The maximum Gasteiger partial charge on any atom is 0.416 e. The molecule has 0 amide bonds. The third-order valence-corrected chi connectivity index (χ3v) is 6.03. The van der Waals surface area contributed by atoms with Crippen LogP contribution in [0.3, 0.4) is 0 Å². The number of carboxylic acids is 1. The van der Waals surface area contributed by atoms with Crippen LogP contribution in [0.2, 0.25) is 0 Å². The summed E-state index contributed by atoms with van der Waals surface area (Å²) in [5, 5.41) is 13.3. The largest absolute Gasteiger partial charge is 0.493 e. The van der Waals surface area contributed by atoms with Gasteiger partial charge in [0.25, 0.3) is 0 Å². The zero-order chi connectivity index (χ0) is 25.0. The van der Waals surface area contributed by atoms with Crippen molar-refractivity contribution in [3.63, 3.8) is 0 Å². The molecular formula is C27H24F3NO4. The molecule has 182 valence electrons. The Balaban J connectivity index is 1.45. The van der Waals surface area contributed by atoms with Gasteiger partial charge in [-0.05, 0) is 46.9 Å². The van der Waals surface area contributed by atoms with Gasteiger partial charge in [0.2, 0.25) is 0 Å². The van der Waals surface area contributed by atoms with Crippen molar-refractivity contribution in [2.45, 2.75) is 38.5 Å². The molecule has 1 aliphatic rings. The third-order valence-electron chi connectivity index (χ3n) is 6.03. The molecule has 2 aromatic carbocycles. The van der Waals surface area contributed by atoms with E-state index in [-0.39, 0.29) is 18.3 Å². The summed E-state index contributed by atoms with van der Waals surface area (Å²) >= 11 is 0. The first kappa shape index (κ1) is 24.3. The van der Waals surface area contributed by atoms with Crippen LogP contribution in [0.25, 0.3) is 11.1 Å². The van der Waals surface area contributed by atoms with Crippen LogP contribution in [0.15, 0.2) is 88.9 Å². The Kier molecular flexibility index (Phi) is 7.10. The topological polar surface area (TPSA) is 72.6 Å². The van der Waals surface area contributed by atoms with Crippen molar-refractivity contribution in [1.29, 1.82) is 0 Å². The first-order chi connectivity index (χ1) is 16.7. The SMILES string of the molecule is CC1CC(OCc2cccc(-c3ccc(C(F)(F)F)cc3)c2)=CC=C1[C@H](CC(=O)O)c1ccon1. The Bertz CT molecular complexity index is 1230. The van der Waals surface area contributed by atoms with E-state index in [4.69, 9.17) is 9.26 Å². The van der Waals surface area contributed by atoms with Gasteiger partial charge in [0.1, 0.15) is 12.9 Å². The Morgan fingerprint density at radius 3 is 2.54 bits per heavy atom. The minimum atomic E-state index is -4.37. The highest BCUT2D eigenvalue weighted by atomic mass is 19.4. The van der Waals surface area contributed by atoms with Crippen LogP contribution in [0, 0.1) is 5.92 Å². The maximum absolute atomic E-state index is 12.8. The van der Waals surface area contributed by atoms with Crippen LogP contribution in [0.5, 0.6) is 0 Å². The lowest BCUT2D eigenvalue weighted by molar-refractivity contribution is -0.138. The molecule has 1 aliphatic carbocycles. The van der Waals surface area contributed by atoms with E-state index in [2.05, 4.69) is 5.16 Å². The quantitative estimate of drug-likeness (QED) is 0.374. The van der Waals surface area contributed by atoms with Crippen molar-refractivity contribution < 1.29 is 32.3 Å². The average Bonchev–Trinajstić information content (AvgIpc) is 3.36. The molecule has 0 radical (unpaired) electrons. The monoisotopic (exact) mass is 483 g/mol. The van der Waals surface area contributed by atoms with Gasteiger partial charge in [0, 0.05) is 18.4 Å². The number of hydrogen-bond acceptors (Lipinski definition) is 4. The van der Waals surface area contributed by atoms with Crippen molar-refractivity contribution in [2.24, 2.45) is 5.92 Å². The maximum atomic E-state index is 12.8. The smallest absolute Gasteiger partial charge is 0.416 e. The molecule has 2 atom stereocenters. The number of carboxylic acid groups (broad SMARTS) is 1.